The van der Waals surface area contributed by atoms with E-state index in [9.17, 15) is 0 Å². The molecule has 0 aromatic carbocycles. The van der Waals surface area contributed by atoms with Gasteiger partial charge < -0.3 is 30.8 Å². The molecule has 0 atom stereocenters. The molecule has 8 nitrogen and oxygen atoms in total. The van der Waals surface area contributed by atoms with Crippen molar-refractivity contribution in [3.05, 3.63) is 0 Å². The van der Waals surface area contributed by atoms with Crippen LogP contribution in [-0.2, 0) is 26.2 Å². The second-order valence-corrected chi connectivity index (χ2v) is 3.08. The Hall–Kier alpha value is 2.38. The van der Waals surface area contributed by atoms with Gasteiger partial charge in [0.2, 0.25) is 0 Å². The zero-order valence-electron chi connectivity index (χ0n) is 6.70. The van der Waals surface area contributed by atoms with Gasteiger partial charge in [-0.3, -0.25) is 0 Å². The predicted octanol–water partition coefficient (Wildman–Crippen LogP) is -4.74. The number of hydrogen-bond acceptors (Lipinski definition) is 2. The van der Waals surface area contributed by atoms with E-state index in [1.165, 1.54) is 0 Å². The molecule has 1 radical (unpaired) electrons. The summed E-state index contributed by atoms with van der Waals surface area (Å²) in [6.07, 6.45) is 0. The van der Waals surface area contributed by atoms with Crippen LogP contribution in [0.2, 0.25) is 0 Å². The third kappa shape index (κ3) is 284. The quantitative estimate of drug-likeness (QED) is 0.192. The first kappa shape index (κ1) is 23.9. The molecule has 0 aromatic rings. The predicted molar refractivity (Wildman–Crippen MR) is 29.6 cm³/mol. The molecule has 77 valence electrons. The van der Waals surface area contributed by atoms with Crippen molar-refractivity contribution < 1.29 is 108 Å². The summed E-state index contributed by atoms with van der Waals surface area (Å²) in [6, 6.07) is 0. The maximum absolute atomic E-state index is 8.88. The van der Waals surface area contributed by atoms with Crippen molar-refractivity contribution in [2.45, 2.75) is 0 Å². The van der Waals surface area contributed by atoms with Crippen molar-refractivity contribution in [3.63, 3.8) is 0 Å². The summed E-state index contributed by atoms with van der Waals surface area (Å²) < 4.78 is 17.8. The molecule has 0 bridgehead atoms. The van der Waals surface area contributed by atoms with E-state index in [1.807, 2.05) is 0 Å². The fraction of sp³-hybridized carbons (Fsp3) is 0. The minimum Gasteiger partial charge on any atom is -1.00 e. The molecule has 0 aliphatic rings. The van der Waals surface area contributed by atoms with E-state index in [4.69, 9.17) is 38.5 Å². The van der Waals surface area contributed by atoms with Crippen LogP contribution in [0.4, 0.5) is 0 Å². The minimum absolute atomic E-state index is 0. The van der Waals surface area contributed by atoms with Gasteiger partial charge in [0.25, 0.3) is 0 Å². The minimum atomic E-state index is -4.64. The molecule has 0 aromatic heterocycles. The molecule has 0 aliphatic heterocycles. The fourth-order valence-electron chi connectivity index (χ4n) is 0. The first-order valence-corrected chi connectivity index (χ1v) is 4.70. The summed E-state index contributed by atoms with van der Waals surface area (Å²) in [5, 5.41) is 0. The summed E-state index contributed by atoms with van der Waals surface area (Å²) in [5.41, 5.74) is 0. The Kier molecular flexibility index (Phi) is 19.7. The van der Waals surface area contributed by atoms with Gasteiger partial charge in [0.1, 0.15) is 0 Å². The van der Waals surface area contributed by atoms with Gasteiger partial charge >= 0.3 is 67.0 Å². The molecule has 12 heavy (non-hydrogen) atoms. The van der Waals surface area contributed by atoms with Crippen LogP contribution >= 0.6 is 15.6 Å². The topological polar surface area (TPSA) is 156 Å². The fourth-order valence-corrected chi connectivity index (χ4v) is 0. The molecule has 12 heteroatoms. The maximum atomic E-state index is 8.88. The Morgan fingerprint density at radius 1 is 0.750 bits per heavy atom. The van der Waals surface area contributed by atoms with E-state index in [2.05, 4.69) is 0 Å². The van der Waals surface area contributed by atoms with Crippen molar-refractivity contribution >= 4 is 15.6 Å². The Bertz CT molecular complexity index is 134. The zero-order chi connectivity index (χ0) is 9.00. The molecule has 0 heterocycles. The van der Waals surface area contributed by atoms with E-state index < -0.39 is 15.6 Å². The van der Waals surface area contributed by atoms with E-state index >= 15 is 0 Å². The van der Waals surface area contributed by atoms with E-state index in [0.29, 0.717) is 0 Å². The average molecular weight is 300 g/mol. The van der Waals surface area contributed by atoms with Crippen molar-refractivity contribution in [3.8, 4) is 0 Å². The van der Waals surface area contributed by atoms with Crippen LogP contribution in [0.3, 0.4) is 0 Å². The first-order valence-electron chi connectivity index (χ1n) is 1.57. The normalized spacial score (nSPS) is 9.83. The maximum Gasteiger partial charge on any atom is 1.00 e. The zero-order valence-corrected chi connectivity index (χ0v) is 11.5. The van der Waals surface area contributed by atoms with Gasteiger partial charge in [-0.2, -0.15) is 0 Å². The van der Waals surface area contributed by atoms with Crippen LogP contribution in [0.5, 0.6) is 0 Å². The van der Waals surface area contributed by atoms with E-state index in [0.717, 1.165) is 0 Å². The average Bonchev–Trinajstić information content (AvgIpc) is 1.12. The van der Waals surface area contributed by atoms with Gasteiger partial charge in [-0.15, -0.1) is 0 Å². The summed E-state index contributed by atoms with van der Waals surface area (Å²) in [4.78, 5) is 43.1. The monoisotopic (exact) mass is 299 g/mol. The first-order chi connectivity index (χ1) is 4.00. The molecule has 0 aliphatic carbocycles. The molecule has 0 spiro atoms. The smallest absolute Gasteiger partial charge is 1.00 e. The Morgan fingerprint density at radius 3 is 0.750 bits per heavy atom. The van der Waals surface area contributed by atoms with E-state index in [1.54, 1.807) is 0 Å². The molecule has 0 rings (SSSR count). The van der Waals surface area contributed by atoms with Crippen LogP contribution in [-0.4, -0.2) is 29.4 Å². The molecule has 0 unspecified atom stereocenters. The van der Waals surface area contributed by atoms with Crippen LogP contribution in [0.15, 0.2) is 0 Å². The molecule has 0 amide bonds. The van der Waals surface area contributed by atoms with Crippen molar-refractivity contribution in [1.82, 2.24) is 0 Å². The third-order valence-electron chi connectivity index (χ3n) is 0. The van der Waals surface area contributed by atoms with Gasteiger partial charge in [0, 0.05) is 17.1 Å². The molecule has 0 saturated carbocycles. The van der Waals surface area contributed by atoms with Crippen molar-refractivity contribution in [2.24, 2.45) is 0 Å². The number of rotatable bonds is 0. The van der Waals surface area contributed by atoms with Crippen molar-refractivity contribution in [1.29, 1.82) is 0 Å². The van der Waals surface area contributed by atoms with Crippen LogP contribution in [0, 0.1) is 0 Å². The summed E-state index contributed by atoms with van der Waals surface area (Å²) in [6.45, 7) is 0. The third-order valence-corrected chi connectivity index (χ3v) is 0. The van der Waals surface area contributed by atoms with Gasteiger partial charge in [0.05, 0.1) is 0 Å². The Balaban J connectivity index is -0.0000000267. The summed E-state index contributed by atoms with van der Waals surface area (Å²) >= 11 is 0. The summed E-state index contributed by atoms with van der Waals surface area (Å²) in [7, 11) is -9.28. The molecular formula is H7CuKO8P2. The van der Waals surface area contributed by atoms with Crippen LogP contribution in [0.1, 0.15) is 1.43 Å². The largest absolute Gasteiger partial charge is 1.00 e. The second-order valence-electron chi connectivity index (χ2n) is 1.03. The van der Waals surface area contributed by atoms with Crippen molar-refractivity contribution in [2.75, 3.05) is 0 Å². The second kappa shape index (κ2) is 9.91. The van der Waals surface area contributed by atoms with Gasteiger partial charge in [-0.05, 0) is 0 Å². The molecular weight excluding hydrogens is 293 g/mol. The molecule has 6 N–H and O–H groups in total. The molecule has 0 fully saturated rings. The molecule has 0 saturated heterocycles. The van der Waals surface area contributed by atoms with Gasteiger partial charge in [-0.25, -0.2) is 9.13 Å². The number of hydrogen-bond donors (Lipinski definition) is 6. The SMILES string of the molecule is O=P(O)(O)O.O=P(O)(O)O.[Cu].[H-].[K+]. The van der Waals surface area contributed by atoms with Crippen LogP contribution < -0.4 is 51.4 Å². The van der Waals surface area contributed by atoms with Gasteiger partial charge in [-0.1, -0.05) is 0 Å². The number of phosphoric acid groups is 2. The van der Waals surface area contributed by atoms with Crippen LogP contribution in [0.25, 0.3) is 0 Å². The summed E-state index contributed by atoms with van der Waals surface area (Å²) in [5.74, 6) is 0. The van der Waals surface area contributed by atoms with E-state index in [-0.39, 0.29) is 69.9 Å². The Morgan fingerprint density at radius 2 is 0.750 bits per heavy atom. The van der Waals surface area contributed by atoms with Gasteiger partial charge in [0.15, 0.2) is 0 Å². The standard InChI is InChI=1S/Cu.K.2H3O4P.H/c;;2*1-5(2,3)4;/h;;2*(H3,1,2,3,4);/q;+1;;;-1. The Labute approximate surface area is 122 Å².